The molecule has 3 N–H and O–H groups in total. The van der Waals surface area contributed by atoms with Crippen molar-refractivity contribution in [2.24, 2.45) is 0 Å². The minimum absolute atomic E-state index is 0.169. The number of phenolic OH excluding ortho intramolecular Hbond substituents is 1. The molecule has 1 aromatic carbocycles. The smallest absolute Gasteiger partial charge is 0.141 e. The van der Waals surface area contributed by atoms with Crippen LogP contribution in [-0.2, 0) is 0 Å². The van der Waals surface area contributed by atoms with E-state index in [-0.39, 0.29) is 5.75 Å². The van der Waals surface area contributed by atoms with E-state index < -0.39 is 0 Å². The number of para-hydroxylation sites is 2. The highest BCUT2D eigenvalue weighted by Gasteiger charge is 2.07. The van der Waals surface area contributed by atoms with E-state index >= 15 is 0 Å². The molecule has 1 heterocycles. The van der Waals surface area contributed by atoms with Gasteiger partial charge in [0, 0.05) is 6.07 Å². The first-order valence-corrected chi connectivity index (χ1v) is 4.29. The first-order chi connectivity index (χ1) is 6.68. The quantitative estimate of drug-likeness (QED) is 0.714. The first kappa shape index (κ1) is 8.62. The molecule has 72 valence electrons. The van der Waals surface area contributed by atoms with Crippen LogP contribution in [0.5, 0.6) is 5.75 Å². The lowest BCUT2D eigenvalue weighted by Crippen LogP contribution is -2.01. The molecule has 0 amide bonds. The van der Waals surface area contributed by atoms with Crippen LogP contribution >= 0.6 is 0 Å². The van der Waals surface area contributed by atoms with Crippen LogP contribution in [0.1, 0.15) is 5.69 Å². The number of benzene rings is 1. The van der Waals surface area contributed by atoms with Gasteiger partial charge in [-0.3, -0.25) is 0 Å². The van der Waals surface area contributed by atoms with E-state index in [9.17, 15) is 5.11 Å². The van der Waals surface area contributed by atoms with E-state index in [1.54, 1.807) is 24.3 Å². The molecule has 4 heteroatoms. The summed E-state index contributed by atoms with van der Waals surface area (Å²) < 4.78 is 1.52. The number of aromatic nitrogens is 2. The zero-order valence-electron chi connectivity index (χ0n) is 7.81. The molecule has 0 saturated carbocycles. The van der Waals surface area contributed by atoms with Crippen molar-refractivity contribution in [2.75, 3.05) is 5.73 Å². The van der Waals surface area contributed by atoms with Gasteiger partial charge in [-0.15, -0.1) is 0 Å². The number of nitrogens with two attached hydrogens (primary N) is 1. The predicted molar refractivity (Wildman–Crippen MR) is 54.4 cm³/mol. The highest BCUT2D eigenvalue weighted by Crippen LogP contribution is 2.22. The number of aryl methyl sites for hydroxylation is 1. The molecule has 0 aliphatic heterocycles. The number of nitrogen functional groups attached to an aromatic ring is 1. The van der Waals surface area contributed by atoms with Crippen LogP contribution in [0, 0.1) is 6.92 Å². The van der Waals surface area contributed by atoms with Gasteiger partial charge in [0.2, 0.25) is 0 Å². The highest BCUT2D eigenvalue weighted by molar-refractivity contribution is 5.50. The number of rotatable bonds is 1. The van der Waals surface area contributed by atoms with Crippen LogP contribution in [0.4, 0.5) is 5.82 Å². The second-order valence-electron chi connectivity index (χ2n) is 3.11. The Balaban J connectivity index is 2.60. The second kappa shape index (κ2) is 3.06. The average molecular weight is 189 g/mol. The molecule has 0 aliphatic rings. The summed E-state index contributed by atoms with van der Waals surface area (Å²) in [6.07, 6.45) is 0. The zero-order chi connectivity index (χ0) is 10.1. The Bertz CT molecular complexity index is 462. The van der Waals surface area contributed by atoms with Crippen molar-refractivity contribution in [1.82, 2.24) is 9.78 Å². The standard InChI is InChI=1S/C10H11N3O/c1-7-6-10(11)13(12-7)8-4-2-3-5-9(8)14/h2-6,14H,11H2,1H3. The molecule has 0 bridgehead atoms. The van der Waals surface area contributed by atoms with Crippen LogP contribution in [0.2, 0.25) is 0 Å². The van der Waals surface area contributed by atoms with Gasteiger partial charge in [0.15, 0.2) is 0 Å². The van der Waals surface area contributed by atoms with Gasteiger partial charge >= 0.3 is 0 Å². The number of hydrogen-bond donors (Lipinski definition) is 2. The molecule has 0 unspecified atom stereocenters. The van der Waals surface area contributed by atoms with Gasteiger partial charge in [-0.05, 0) is 19.1 Å². The van der Waals surface area contributed by atoms with Gasteiger partial charge in [0.25, 0.3) is 0 Å². The Hall–Kier alpha value is -1.97. The average Bonchev–Trinajstić information content (AvgIpc) is 2.46. The van der Waals surface area contributed by atoms with Crippen LogP contribution in [0.25, 0.3) is 5.69 Å². The number of hydrogen-bond acceptors (Lipinski definition) is 3. The van der Waals surface area contributed by atoms with Crippen molar-refractivity contribution >= 4 is 5.82 Å². The van der Waals surface area contributed by atoms with E-state index in [0.717, 1.165) is 5.69 Å². The zero-order valence-corrected chi connectivity index (χ0v) is 7.81. The minimum atomic E-state index is 0.169. The normalized spacial score (nSPS) is 10.4. The van der Waals surface area contributed by atoms with Crippen molar-refractivity contribution in [3.05, 3.63) is 36.0 Å². The van der Waals surface area contributed by atoms with Gasteiger partial charge in [0.1, 0.15) is 17.3 Å². The molecule has 2 rings (SSSR count). The minimum Gasteiger partial charge on any atom is -0.506 e. The number of nitrogens with zero attached hydrogens (tertiary/aromatic N) is 2. The molecule has 0 spiro atoms. The summed E-state index contributed by atoms with van der Waals surface area (Å²) in [7, 11) is 0. The van der Waals surface area contributed by atoms with E-state index in [4.69, 9.17) is 5.73 Å². The molecule has 1 aromatic heterocycles. The van der Waals surface area contributed by atoms with Crippen LogP contribution < -0.4 is 5.73 Å². The third-order valence-corrected chi connectivity index (χ3v) is 1.97. The molecule has 14 heavy (non-hydrogen) atoms. The number of aromatic hydroxyl groups is 1. The Kier molecular flexibility index (Phi) is 1.89. The van der Waals surface area contributed by atoms with Crippen molar-refractivity contribution in [3.8, 4) is 11.4 Å². The maximum atomic E-state index is 9.58. The monoisotopic (exact) mass is 189 g/mol. The van der Waals surface area contributed by atoms with E-state index in [0.29, 0.717) is 11.5 Å². The maximum absolute atomic E-state index is 9.58. The van der Waals surface area contributed by atoms with Crippen molar-refractivity contribution in [3.63, 3.8) is 0 Å². The van der Waals surface area contributed by atoms with Crippen molar-refractivity contribution in [2.45, 2.75) is 6.92 Å². The van der Waals surface area contributed by atoms with Gasteiger partial charge in [0.05, 0.1) is 5.69 Å². The fourth-order valence-corrected chi connectivity index (χ4v) is 1.36. The molecular weight excluding hydrogens is 178 g/mol. The van der Waals surface area contributed by atoms with Crippen molar-refractivity contribution in [1.29, 1.82) is 0 Å². The first-order valence-electron chi connectivity index (χ1n) is 4.29. The van der Waals surface area contributed by atoms with E-state index in [2.05, 4.69) is 5.10 Å². The third-order valence-electron chi connectivity index (χ3n) is 1.97. The SMILES string of the molecule is Cc1cc(N)n(-c2ccccc2O)n1. The maximum Gasteiger partial charge on any atom is 0.141 e. The molecule has 0 aliphatic carbocycles. The molecule has 0 radical (unpaired) electrons. The lowest BCUT2D eigenvalue weighted by Gasteiger charge is -2.05. The summed E-state index contributed by atoms with van der Waals surface area (Å²) in [5, 5.41) is 13.8. The number of anilines is 1. The Labute approximate surface area is 81.6 Å². The summed E-state index contributed by atoms with van der Waals surface area (Å²) in [5.41, 5.74) is 7.15. The summed E-state index contributed by atoms with van der Waals surface area (Å²) in [4.78, 5) is 0. The lowest BCUT2D eigenvalue weighted by molar-refractivity contribution is 0.470. The van der Waals surface area contributed by atoms with Gasteiger partial charge in [-0.1, -0.05) is 12.1 Å². The topological polar surface area (TPSA) is 64.1 Å². The fraction of sp³-hybridized carbons (Fsp3) is 0.100. The number of phenols is 1. The molecular formula is C10H11N3O. The Morgan fingerprint density at radius 3 is 2.64 bits per heavy atom. The Morgan fingerprint density at radius 1 is 1.36 bits per heavy atom. The van der Waals surface area contributed by atoms with E-state index in [1.165, 1.54) is 4.68 Å². The highest BCUT2D eigenvalue weighted by atomic mass is 16.3. The fourth-order valence-electron chi connectivity index (χ4n) is 1.36. The van der Waals surface area contributed by atoms with Gasteiger partial charge < -0.3 is 10.8 Å². The molecule has 0 atom stereocenters. The third kappa shape index (κ3) is 1.31. The second-order valence-corrected chi connectivity index (χ2v) is 3.11. The summed E-state index contributed by atoms with van der Waals surface area (Å²) in [6.45, 7) is 1.85. The molecule has 0 fully saturated rings. The summed E-state index contributed by atoms with van der Waals surface area (Å²) in [5.74, 6) is 0.686. The largest absolute Gasteiger partial charge is 0.506 e. The molecule has 0 saturated heterocycles. The molecule has 2 aromatic rings. The lowest BCUT2D eigenvalue weighted by atomic mass is 10.3. The van der Waals surface area contributed by atoms with Gasteiger partial charge in [-0.2, -0.15) is 5.10 Å². The summed E-state index contributed by atoms with van der Waals surface area (Å²) >= 11 is 0. The van der Waals surface area contributed by atoms with E-state index in [1.807, 2.05) is 13.0 Å². The van der Waals surface area contributed by atoms with Crippen molar-refractivity contribution < 1.29 is 5.11 Å². The predicted octanol–water partition coefficient (Wildman–Crippen LogP) is 1.47. The van der Waals surface area contributed by atoms with Crippen LogP contribution in [-0.4, -0.2) is 14.9 Å². The Morgan fingerprint density at radius 2 is 2.07 bits per heavy atom. The molecule has 4 nitrogen and oxygen atoms in total. The van der Waals surface area contributed by atoms with Gasteiger partial charge in [-0.25, -0.2) is 4.68 Å². The van der Waals surface area contributed by atoms with Crippen LogP contribution in [0.3, 0.4) is 0 Å². The van der Waals surface area contributed by atoms with Crippen LogP contribution in [0.15, 0.2) is 30.3 Å². The summed E-state index contributed by atoms with van der Waals surface area (Å²) in [6, 6.07) is 8.70.